The maximum atomic E-state index is 8.71. The number of hydrogen-bond acceptors (Lipinski definition) is 4. The van der Waals surface area contributed by atoms with E-state index in [1.165, 1.54) is 55.6 Å². The number of nitrogens with zero attached hydrogens (tertiary/aromatic N) is 4. The summed E-state index contributed by atoms with van der Waals surface area (Å²) in [7, 11) is 0. The molecule has 0 atom stereocenters. The van der Waals surface area contributed by atoms with Gasteiger partial charge in [-0.1, -0.05) is 224 Å². The van der Waals surface area contributed by atoms with Crippen molar-refractivity contribution in [2.24, 2.45) is 0 Å². The van der Waals surface area contributed by atoms with Gasteiger partial charge in [0.2, 0.25) is 0 Å². The maximum Gasteiger partial charge on any atom is 0.135 e. The first-order chi connectivity index (χ1) is 42.7. The molecule has 6 heteroatoms. The summed E-state index contributed by atoms with van der Waals surface area (Å²) in [5.74, 6) is 1.44. The molecular formula is C77H51N4OPt-3. The zero-order chi connectivity index (χ0) is 58.5. The van der Waals surface area contributed by atoms with E-state index in [-0.39, 0.29) is 56.7 Å². The summed E-state index contributed by atoms with van der Waals surface area (Å²) in [5.41, 5.74) is 15.9. The van der Waals surface area contributed by atoms with E-state index in [1.54, 1.807) is 6.20 Å². The van der Waals surface area contributed by atoms with Gasteiger partial charge in [0.25, 0.3) is 0 Å². The van der Waals surface area contributed by atoms with E-state index in [0.29, 0.717) is 28.4 Å². The minimum atomic E-state index is -0.969. The molecule has 4 bridgehead atoms. The summed E-state index contributed by atoms with van der Waals surface area (Å²) in [6.45, 7) is 4.19. The van der Waals surface area contributed by atoms with Crippen LogP contribution in [-0.4, -0.2) is 9.55 Å². The summed E-state index contributed by atoms with van der Waals surface area (Å²) < 4.78 is 51.2. The Labute approximate surface area is 504 Å². The molecule has 11 aromatic carbocycles. The van der Waals surface area contributed by atoms with Gasteiger partial charge in [0.1, 0.15) is 5.82 Å². The van der Waals surface area contributed by atoms with Crippen LogP contribution in [0.3, 0.4) is 0 Å². The molecule has 0 radical (unpaired) electrons. The van der Waals surface area contributed by atoms with Gasteiger partial charge in [-0.25, -0.2) is 4.98 Å². The monoisotopic (exact) mass is 1250 g/mol. The molecule has 0 fully saturated rings. The van der Waals surface area contributed by atoms with Gasteiger partial charge in [-0.15, -0.1) is 41.4 Å². The molecule has 0 N–H and O–H groups in total. The maximum absolute atomic E-state index is 8.71. The van der Waals surface area contributed by atoms with Crippen molar-refractivity contribution in [3.05, 3.63) is 359 Å². The molecule has 83 heavy (non-hydrogen) atoms. The molecule has 0 saturated heterocycles. The molecule has 13 aromatic rings. The van der Waals surface area contributed by atoms with Crippen LogP contribution in [0, 0.1) is 25.7 Å². The third kappa shape index (κ3) is 6.60. The summed E-state index contributed by atoms with van der Waals surface area (Å²) in [4.78, 5) is 9.79. The van der Waals surface area contributed by atoms with E-state index in [1.807, 2.05) is 60.0 Å². The molecule has 0 unspecified atom stereocenters. The van der Waals surface area contributed by atoms with E-state index < -0.39 is 22.4 Å². The minimum Gasteiger partial charge on any atom is -0.509 e. The molecule has 2 aromatic heterocycles. The van der Waals surface area contributed by atoms with Gasteiger partial charge in [0.15, 0.2) is 0 Å². The summed E-state index contributed by atoms with van der Waals surface area (Å²) in [6, 6.07) is 94.2. The van der Waals surface area contributed by atoms with Crippen molar-refractivity contribution < 1.29 is 32.7 Å². The predicted molar refractivity (Wildman–Crippen MR) is 329 cm³/mol. The predicted octanol–water partition coefficient (Wildman–Crippen LogP) is 17.7. The normalized spacial score (nSPS) is 20.3. The average Bonchev–Trinajstić information content (AvgIpc) is 0.731. The molecule has 398 valence electrons. The van der Waals surface area contributed by atoms with Crippen LogP contribution in [0.5, 0.6) is 11.5 Å². The third-order valence-electron chi connectivity index (χ3n) is 18.1. The van der Waals surface area contributed by atoms with Crippen LogP contribution in [0.2, 0.25) is 0 Å². The van der Waals surface area contributed by atoms with Crippen LogP contribution in [0.4, 0.5) is 17.1 Å². The summed E-state index contributed by atoms with van der Waals surface area (Å²) >= 11 is 0. The van der Waals surface area contributed by atoms with Crippen molar-refractivity contribution in [3.63, 3.8) is 0 Å². The van der Waals surface area contributed by atoms with Gasteiger partial charge in [0.05, 0.1) is 23.2 Å². The van der Waals surface area contributed by atoms with Gasteiger partial charge in [0, 0.05) is 67.1 Å². The molecule has 5 nitrogen and oxygen atoms in total. The molecule has 0 amide bonds. The smallest absolute Gasteiger partial charge is 0.135 e. The van der Waals surface area contributed by atoms with E-state index in [0.717, 1.165) is 38.9 Å². The van der Waals surface area contributed by atoms with Gasteiger partial charge >= 0.3 is 0 Å². The van der Waals surface area contributed by atoms with Crippen LogP contribution in [0.15, 0.2) is 279 Å². The van der Waals surface area contributed by atoms with Crippen LogP contribution in [-0.2, 0) is 37.4 Å². The topological polar surface area (TPSA) is 33.5 Å². The Bertz CT molecular complexity index is 4910. The minimum absolute atomic E-state index is 0. The zero-order valence-corrected chi connectivity index (χ0v) is 47.1. The largest absolute Gasteiger partial charge is 0.509 e. The first-order valence-corrected chi connectivity index (χ1v) is 27.9. The Morgan fingerprint density at radius 1 is 0.530 bits per heavy atom. The van der Waals surface area contributed by atoms with E-state index in [2.05, 4.69) is 223 Å². The van der Waals surface area contributed by atoms with Crippen molar-refractivity contribution in [3.8, 4) is 28.4 Å². The number of ether oxygens (including phenoxy) is 1. The number of aromatic nitrogens is 2. The van der Waals surface area contributed by atoms with Crippen molar-refractivity contribution in [2.75, 3.05) is 9.80 Å². The molecule has 0 saturated carbocycles. The molecule has 1 aliphatic heterocycles. The summed E-state index contributed by atoms with van der Waals surface area (Å²) in [5, 5.41) is 1.94. The number of rotatable bonds is 8. The second kappa shape index (κ2) is 18.8. The Morgan fingerprint density at radius 2 is 1.11 bits per heavy atom. The summed E-state index contributed by atoms with van der Waals surface area (Å²) in [6.07, 6.45) is 1.60. The second-order valence-corrected chi connectivity index (χ2v) is 21.8. The van der Waals surface area contributed by atoms with Crippen molar-refractivity contribution >= 4 is 38.9 Å². The van der Waals surface area contributed by atoms with Crippen LogP contribution in [0.1, 0.15) is 74.0 Å². The van der Waals surface area contributed by atoms with Crippen LogP contribution >= 0.6 is 0 Å². The third-order valence-corrected chi connectivity index (χ3v) is 18.1. The number of aryl methyl sites for hydroxylation is 1. The fraction of sp³-hybridized carbons (Fsp3) is 0.0649. The molecule has 6 aliphatic carbocycles. The zero-order valence-electron chi connectivity index (χ0n) is 49.8. The fourth-order valence-corrected chi connectivity index (χ4v) is 15.3. The molecule has 0 spiro atoms. The van der Waals surface area contributed by atoms with Gasteiger partial charge < -0.3 is 19.1 Å². The Hall–Kier alpha value is -9.54. The van der Waals surface area contributed by atoms with Crippen molar-refractivity contribution in [1.29, 1.82) is 0 Å². The first-order valence-electron chi connectivity index (χ1n) is 30.4. The average molecular weight is 1250 g/mol. The van der Waals surface area contributed by atoms with Crippen LogP contribution in [0.25, 0.3) is 38.8 Å². The Balaban J connectivity index is 0.00000624. The quantitative estimate of drug-likeness (QED) is 0.142. The number of pyridine rings is 1. The number of anilines is 3. The second-order valence-electron chi connectivity index (χ2n) is 21.8. The van der Waals surface area contributed by atoms with Gasteiger partial charge in [-0.3, -0.25) is 0 Å². The number of fused-ring (bicyclic) bond motifs is 4. The Morgan fingerprint density at radius 3 is 1.80 bits per heavy atom. The Kier molecular flexibility index (Phi) is 9.98. The first kappa shape index (κ1) is 44.2. The molecule has 20 rings (SSSR count). The van der Waals surface area contributed by atoms with E-state index in [9.17, 15) is 0 Å². The fourth-order valence-electron chi connectivity index (χ4n) is 15.3. The van der Waals surface area contributed by atoms with Crippen molar-refractivity contribution in [1.82, 2.24) is 9.55 Å². The van der Waals surface area contributed by atoms with Crippen LogP contribution < -0.4 is 14.5 Å². The standard InChI is InChI=1S/C77H51N4O.Pt/c1-51-46-73(78-49-62(51)52-24-5-2-6-25-52)81-69-41-20-13-32-58(69)59-45-44-57(48-72(59)81)82-56-31-23-30-55(47-56)79-50-80(71-43-22-21-42-70(71)79)77-63-35-14-11-33-60(63)74(61-34-12-15-36-64(61)77)75(53-26-7-3-8-27-53)65-37-16-18-39-67(65)76(77,54-28-9-4-10-29-54)68-40-19-17-38-66(68)75;/h2-46,49-50,74H,1H3;/q-3;/i2D,5D,6D,24D,25D;. The number of para-hydroxylation sites is 3. The van der Waals surface area contributed by atoms with E-state index in [4.69, 9.17) is 16.6 Å². The molecule has 3 heterocycles. The molecular weight excluding hydrogens is 1190 g/mol. The van der Waals surface area contributed by atoms with Crippen molar-refractivity contribution in [2.45, 2.75) is 29.2 Å². The van der Waals surface area contributed by atoms with Gasteiger partial charge in [-0.05, 0) is 103 Å². The molecule has 7 aliphatic rings. The van der Waals surface area contributed by atoms with Gasteiger partial charge in [-0.2, -0.15) is 18.8 Å². The SMILES string of the molecule is [2H]c1c([2H])c([2H])c(-c2cnc(-n3c4[c-]c(Oc5[c-]c(N6[CH-]N(C78c9ccccc9C(c9ccccc97)C7(c9ccccc9)c9ccccc9C8(c8ccccc8)c8ccccc87)c7ccccc76)ccc5)ccc4c4ccccc43)cc2C)c([2H])c1[2H].[Pt]. The number of hydrogen-bond donors (Lipinski definition) is 0. The van der Waals surface area contributed by atoms with E-state index >= 15 is 0 Å². The number of benzene rings is 11.